The highest BCUT2D eigenvalue weighted by molar-refractivity contribution is 7.80. The minimum Gasteiger partial charge on any atom is -0.360 e. The van der Waals surface area contributed by atoms with Crippen LogP contribution in [0.25, 0.3) is 0 Å². The molecule has 3 heteroatoms. The van der Waals surface area contributed by atoms with E-state index in [-0.39, 0.29) is 0 Å². The molecule has 1 aromatic carbocycles. The standard InChI is InChI=1S/C14H20N2S/c1-11-6-5-9-13(10-11)16-14(17)15-12-7-3-2-4-8-12/h5-6,9-10,12H,2-4,7-8H2,1H3,(H2,15,16,17). The van der Waals surface area contributed by atoms with Crippen molar-refractivity contribution in [3.63, 3.8) is 0 Å². The van der Waals surface area contributed by atoms with Gasteiger partial charge in [-0.15, -0.1) is 0 Å². The fraction of sp³-hybridized carbons (Fsp3) is 0.500. The summed E-state index contributed by atoms with van der Waals surface area (Å²) >= 11 is 5.34. The molecule has 0 radical (unpaired) electrons. The highest BCUT2D eigenvalue weighted by atomic mass is 32.1. The number of hydrogen-bond acceptors (Lipinski definition) is 1. The molecule has 1 fully saturated rings. The molecular formula is C14H20N2S. The van der Waals surface area contributed by atoms with Crippen LogP contribution in [-0.4, -0.2) is 11.2 Å². The predicted molar refractivity (Wildman–Crippen MR) is 77.4 cm³/mol. The second-order valence-electron chi connectivity index (χ2n) is 4.80. The third-order valence-electron chi connectivity index (χ3n) is 3.22. The van der Waals surface area contributed by atoms with Gasteiger partial charge in [0, 0.05) is 11.7 Å². The van der Waals surface area contributed by atoms with Gasteiger partial charge in [0.25, 0.3) is 0 Å². The van der Waals surface area contributed by atoms with E-state index in [2.05, 4.69) is 29.7 Å². The van der Waals surface area contributed by atoms with Gasteiger partial charge in [0.1, 0.15) is 0 Å². The molecule has 2 nitrogen and oxygen atoms in total. The van der Waals surface area contributed by atoms with Crippen LogP contribution in [0, 0.1) is 6.92 Å². The lowest BCUT2D eigenvalue weighted by Crippen LogP contribution is -2.38. The van der Waals surface area contributed by atoms with Crippen molar-refractivity contribution in [1.82, 2.24) is 5.32 Å². The largest absolute Gasteiger partial charge is 0.360 e. The molecule has 0 heterocycles. The lowest BCUT2D eigenvalue weighted by atomic mass is 9.96. The first kappa shape index (κ1) is 12.4. The Morgan fingerprint density at radius 2 is 2.00 bits per heavy atom. The van der Waals surface area contributed by atoms with Crippen LogP contribution in [0.3, 0.4) is 0 Å². The van der Waals surface area contributed by atoms with Crippen molar-refractivity contribution in [3.8, 4) is 0 Å². The minimum atomic E-state index is 0.563. The molecule has 2 N–H and O–H groups in total. The molecule has 1 aliphatic rings. The van der Waals surface area contributed by atoms with Crippen LogP contribution in [0.2, 0.25) is 0 Å². The Kier molecular flexibility index (Phi) is 4.37. The van der Waals surface area contributed by atoms with Crippen molar-refractivity contribution < 1.29 is 0 Å². The number of rotatable bonds is 2. The van der Waals surface area contributed by atoms with E-state index in [1.807, 2.05) is 12.1 Å². The number of thiocarbonyl (C=S) groups is 1. The molecule has 0 aliphatic heterocycles. The Morgan fingerprint density at radius 3 is 2.71 bits per heavy atom. The zero-order valence-electron chi connectivity index (χ0n) is 10.3. The van der Waals surface area contributed by atoms with Crippen molar-refractivity contribution in [2.75, 3.05) is 5.32 Å². The van der Waals surface area contributed by atoms with Crippen LogP contribution in [0.15, 0.2) is 24.3 Å². The maximum atomic E-state index is 5.34. The lowest BCUT2D eigenvalue weighted by Gasteiger charge is -2.24. The van der Waals surface area contributed by atoms with Gasteiger partial charge in [-0.05, 0) is 49.7 Å². The van der Waals surface area contributed by atoms with Crippen LogP contribution < -0.4 is 10.6 Å². The molecule has 0 atom stereocenters. The summed E-state index contributed by atoms with van der Waals surface area (Å²) in [6.07, 6.45) is 6.51. The highest BCUT2D eigenvalue weighted by Gasteiger charge is 2.13. The normalized spacial score (nSPS) is 16.5. The summed E-state index contributed by atoms with van der Waals surface area (Å²) in [6.45, 7) is 2.09. The van der Waals surface area contributed by atoms with Gasteiger partial charge < -0.3 is 10.6 Å². The molecule has 0 aromatic heterocycles. The third kappa shape index (κ3) is 4.00. The first-order valence-corrected chi connectivity index (χ1v) is 6.79. The van der Waals surface area contributed by atoms with E-state index in [1.165, 1.54) is 37.7 Å². The minimum absolute atomic E-state index is 0.563. The topological polar surface area (TPSA) is 24.1 Å². The van der Waals surface area contributed by atoms with E-state index in [0.717, 1.165) is 10.8 Å². The van der Waals surface area contributed by atoms with Crippen molar-refractivity contribution in [3.05, 3.63) is 29.8 Å². The van der Waals surface area contributed by atoms with Gasteiger partial charge in [0.05, 0.1) is 0 Å². The Hall–Kier alpha value is -1.09. The molecule has 1 aliphatic carbocycles. The van der Waals surface area contributed by atoms with Gasteiger partial charge in [-0.25, -0.2) is 0 Å². The quantitative estimate of drug-likeness (QED) is 0.782. The average Bonchev–Trinajstić information content (AvgIpc) is 2.30. The molecule has 92 valence electrons. The third-order valence-corrected chi connectivity index (χ3v) is 3.44. The van der Waals surface area contributed by atoms with Crippen molar-refractivity contribution in [2.45, 2.75) is 45.1 Å². The Balaban J connectivity index is 1.84. The SMILES string of the molecule is Cc1cccc(NC(=S)NC2CCCCC2)c1. The Bertz CT molecular complexity index is 384. The predicted octanol–water partition coefficient (Wildman–Crippen LogP) is 3.61. The molecule has 0 spiro atoms. The number of aryl methyl sites for hydroxylation is 1. The Labute approximate surface area is 109 Å². The first-order valence-electron chi connectivity index (χ1n) is 6.38. The molecule has 0 unspecified atom stereocenters. The molecule has 17 heavy (non-hydrogen) atoms. The fourth-order valence-electron chi connectivity index (χ4n) is 2.32. The lowest BCUT2D eigenvalue weighted by molar-refractivity contribution is 0.415. The van der Waals surface area contributed by atoms with E-state index >= 15 is 0 Å². The molecule has 0 amide bonds. The van der Waals surface area contributed by atoms with E-state index in [0.29, 0.717) is 6.04 Å². The van der Waals surface area contributed by atoms with Crippen LogP contribution in [0.1, 0.15) is 37.7 Å². The second-order valence-corrected chi connectivity index (χ2v) is 5.21. The van der Waals surface area contributed by atoms with Crippen molar-refractivity contribution in [2.24, 2.45) is 0 Å². The number of anilines is 1. The molecule has 1 saturated carbocycles. The van der Waals surface area contributed by atoms with E-state index in [1.54, 1.807) is 0 Å². The van der Waals surface area contributed by atoms with Gasteiger partial charge in [0.2, 0.25) is 0 Å². The van der Waals surface area contributed by atoms with Gasteiger partial charge in [0.15, 0.2) is 5.11 Å². The summed E-state index contributed by atoms with van der Waals surface area (Å²) in [5.74, 6) is 0. The number of nitrogens with one attached hydrogen (secondary N) is 2. The van der Waals surface area contributed by atoms with Crippen LogP contribution in [0.5, 0.6) is 0 Å². The summed E-state index contributed by atoms with van der Waals surface area (Å²) in [5.41, 5.74) is 2.31. The number of hydrogen-bond donors (Lipinski definition) is 2. The monoisotopic (exact) mass is 248 g/mol. The maximum absolute atomic E-state index is 5.34. The molecule has 0 bridgehead atoms. The smallest absolute Gasteiger partial charge is 0.170 e. The second kappa shape index (κ2) is 6.01. The average molecular weight is 248 g/mol. The maximum Gasteiger partial charge on any atom is 0.170 e. The zero-order chi connectivity index (χ0) is 12.1. The fourth-order valence-corrected chi connectivity index (χ4v) is 2.61. The Morgan fingerprint density at radius 1 is 1.24 bits per heavy atom. The summed E-state index contributed by atoms with van der Waals surface area (Å²) in [6, 6.07) is 8.84. The van der Waals surface area contributed by atoms with E-state index in [4.69, 9.17) is 12.2 Å². The summed E-state index contributed by atoms with van der Waals surface area (Å²) in [4.78, 5) is 0. The van der Waals surface area contributed by atoms with Crippen molar-refractivity contribution >= 4 is 23.0 Å². The van der Waals surface area contributed by atoms with Gasteiger partial charge in [-0.1, -0.05) is 31.4 Å². The summed E-state index contributed by atoms with van der Waals surface area (Å²) in [5, 5.41) is 7.41. The molecule has 0 saturated heterocycles. The molecular weight excluding hydrogens is 228 g/mol. The summed E-state index contributed by atoms with van der Waals surface area (Å²) < 4.78 is 0. The van der Waals surface area contributed by atoms with E-state index in [9.17, 15) is 0 Å². The van der Waals surface area contributed by atoms with Gasteiger partial charge in [-0.2, -0.15) is 0 Å². The van der Waals surface area contributed by atoms with E-state index < -0.39 is 0 Å². The van der Waals surface area contributed by atoms with Gasteiger partial charge in [-0.3, -0.25) is 0 Å². The first-order chi connectivity index (χ1) is 8.24. The van der Waals surface area contributed by atoms with Crippen LogP contribution in [-0.2, 0) is 0 Å². The zero-order valence-corrected chi connectivity index (χ0v) is 11.1. The van der Waals surface area contributed by atoms with Crippen LogP contribution >= 0.6 is 12.2 Å². The highest BCUT2D eigenvalue weighted by Crippen LogP contribution is 2.17. The molecule has 2 rings (SSSR count). The van der Waals surface area contributed by atoms with Crippen LogP contribution in [0.4, 0.5) is 5.69 Å². The number of benzene rings is 1. The molecule has 1 aromatic rings. The summed E-state index contributed by atoms with van der Waals surface area (Å²) in [7, 11) is 0. The van der Waals surface area contributed by atoms with Crippen molar-refractivity contribution in [1.29, 1.82) is 0 Å². The van der Waals surface area contributed by atoms with Gasteiger partial charge >= 0.3 is 0 Å².